The third-order valence-electron chi connectivity index (χ3n) is 2.43. The highest BCUT2D eigenvalue weighted by Gasteiger charge is 2.34. The molecule has 0 radical (unpaired) electrons. The van der Waals surface area contributed by atoms with Crippen LogP contribution in [0.15, 0.2) is 23.0 Å². The first-order chi connectivity index (χ1) is 6.81. The molecule has 0 saturated carbocycles. The minimum atomic E-state index is -4.60. The number of ether oxygens (including phenoxy) is 1. The predicted octanol–water partition coefficient (Wildman–Crippen LogP) is 4.17. The molecule has 0 aromatic carbocycles. The molecule has 0 amide bonds. The first-order valence-electron chi connectivity index (χ1n) is 4.97. The van der Waals surface area contributed by atoms with Crippen LogP contribution in [0.5, 0.6) is 0 Å². The summed E-state index contributed by atoms with van der Waals surface area (Å²) in [5.74, 6) is 0.106. The van der Waals surface area contributed by atoms with Gasteiger partial charge in [0.1, 0.15) is 5.76 Å². The van der Waals surface area contributed by atoms with Crippen LogP contribution in [-0.4, -0.2) is 6.36 Å². The Bertz CT molecular complexity index is 297. The van der Waals surface area contributed by atoms with E-state index in [0.29, 0.717) is 12.0 Å². The zero-order chi connectivity index (χ0) is 11.6. The van der Waals surface area contributed by atoms with Crippen molar-refractivity contribution in [1.29, 1.82) is 0 Å². The summed E-state index contributed by atoms with van der Waals surface area (Å²) in [4.78, 5) is 0. The van der Waals surface area contributed by atoms with Gasteiger partial charge in [-0.1, -0.05) is 19.9 Å². The van der Waals surface area contributed by atoms with Gasteiger partial charge >= 0.3 is 6.36 Å². The maximum Gasteiger partial charge on any atom is 0.573 e. The number of allylic oxidation sites excluding steroid dienone is 3. The lowest BCUT2D eigenvalue weighted by Crippen LogP contribution is -2.17. The summed E-state index contributed by atoms with van der Waals surface area (Å²) in [5, 5.41) is 0. The zero-order valence-electron chi connectivity index (χ0n) is 9.11. The maximum atomic E-state index is 12.2. The monoisotopic (exact) mass is 220 g/mol. The summed E-state index contributed by atoms with van der Waals surface area (Å²) in [6.45, 7) is 5.42. The van der Waals surface area contributed by atoms with Crippen molar-refractivity contribution in [1.82, 2.24) is 0 Å². The smallest absolute Gasteiger partial charge is 0.406 e. The molecule has 15 heavy (non-hydrogen) atoms. The van der Waals surface area contributed by atoms with Crippen molar-refractivity contribution in [3.63, 3.8) is 0 Å². The summed E-state index contributed by atoms with van der Waals surface area (Å²) in [5.41, 5.74) is 1.34. The lowest BCUT2D eigenvalue weighted by atomic mass is 9.90. The third-order valence-corrected chi connectivity index (χ3v) is 2.43. The van der Waals surface area contributed by atoms with Crippen molar-refractivity contribution in [2.75, 3.05) is 0 Å². The van der Waals surface area contributed by atoms with Crippen LogP contribution in [0.25, 0.3) is 0 Å². The molecule has 0 aromatic rings. The van der Waals surface area contributed by atoms with E-state index in [9.17, 15) is 13.2 Å². The molecule has 0 unspecified atom stereocenters. The van der Waals surface area contributed by atoms with Crippen LogP contribution in [0, 0.1) is 5.92 Å². The maximum absolute atomic E-state index is 12.2. The summed E-state index contributed by atoms with van der Waals surface area (Å²) < 4.78 is 40.6. The molecule has 86 valence electrons. The Labute approximate surface area is 87.6 Å². The van der Waals surface area contributed by atoms with E-state index < -0.39 is 6.36 Å². The molecule has 1 aliphatic carbocycles. The van der Waals surface area contributed by atoms with E-state index in [1.165, 1.54) is 0 Å². The number of alkyl halides is 3. The minimum Gasteiger partial charge on any atom is -0.406 e. The first-order valence-corrected chi connectivity index (χ1v) is 4.97. The van der Waals surface area contributed by atoms with Crippen LogP contribution in [0.2, 0.25) is 0 Å². The van der Waals surface area contributed by atoms with Gasteiger partial charge in [0.05, 0.1) is 0 Å². The molecule has 0 saturated heterocycles. The van der Waals surface area contributed by atoms with E-state index in [2.05, 4.69) is 4.74 Å². The van der Waals surface area contributed by atoms with Gasteiger partial charge in [-0.3, -0.25) is 0 Å². The average molecular weight is 220 g/mol. The SMILES string of the molecule is CC1=CCCC(C(C)C)=C1OC(F)(F)F. The summed E-state index contributed by atoms with van der Waals surface area (Å²) in [6, 6.07) is 0. The summed E-state index contributed by atoms with van der Waals surface area (Å²) >= 11 is 0. The Morgan fingerprint density at radius 2 is 1.93 bits per heavy atom. The van der Waals surface area contributed by atoms with E-state index in [4.69, 9.17) is 0 Å². The van der Waals surface area contributed by atoms with Crippen LogP contribution in [-0.2, 0) is 4.74 Å². The van der Waals surface area contributed by atoms with Crippen molar-refractivity contribution in [2.45, 2.75) is 40.0 Å². The van der Waals surface area contributed by atoms with Crippen LogP contribution < -0.4 is 0 Å². The molecule has 1 rings (SSSR count). The van der Waals surface area contributed by atoms with Gasteiger partial charge < -0.3 is 4.74 Å². The van der Waals surface area contributed by atoms with Gasteiger partial charge in [0, 0.05) is 0 Å². The van der Waals surface area contributed by atoms with Crippen molar-refractivity contribution < 1.29 is 17.9 Å². The van der Waals surface area contributed by atoms with E-state index in [0.717, 1.165) is 12.0 Å². The highest BCUT2D eigenvalue weighted by atomic mass is 19.4. The van der Waals surface area contributed by atoms with Crippen LogP contribution in [0.3, 0.4) is 0 Å². The molecular weight excluding hydrogens is 205 g/mol. The molecule has 0 aliphatic heterocycles. The van der Waals surface area contributed by atoms with Gasteiger partial charge in [-0.25, -0.2) is 0 Å². The van der Waals surface area contributed by atoms with Crippen LogP contribution in [0.4, 0.5) is 13.2 Å². The summed E-state index contributed by atoms with van der Waals surface area (Å²) in [7, 11) is 0. The van der Waals surface area contributed by atoms with Gasteiger partial charge in [0.25, 0.3) is 0 Å². The molecule has 0 atom stereocenters. The standard InChI is InChI=1S/C11H15F3O/c1-7(2)9-6-4-5-8(3)10(9)15-11(12,13)14/h5,7H,4,6H2,1-3H3. The highest BCUT2D eigenvalue weighted by Crippen LogP contribution is 2.34. The minimum absolute atomic E-state index is 0.0174. The number of hydrogen-bond donors (Lipinski definition) is 0. The van der Waals surface area contributed by atoms with Crippen molar-refractivity contribution in [2.24, 2.45) is 5.92 Å². The Morgan fingerprint density at radius 3 is 2.40 bits per heavy atom. The molecule has 0 heterocycles. The van der Waals surface area contributed by atoms with Crippen LogP contribution >= 0.6 is 0 Å². The van der Waals surface area contributed by atoms with Gasteiger partial charge in [0.15, 0.2) is 0 Å². The molecule has 1 nitrogen and oxygen atoms in total. The van der Waals surface area contributed by atoms with E-state index in [-0.39, 0.29) is 11.7 Å². The average Bonchev–Trinajstić information content (AvgIpc) is 2.05. The van der Waals surface area contributed by atoms with Gasteiger partial charge in [-0.15, -0.1) is 13.2 Å². The van der Waals surface area contributed by atoms with E-state index in [1.54, 1.807) is 13.0 Å². The molecule has 4 heteroatoms. The molecule has 1 aliphatic rings. The van der Waals surface area contributed by atoms with Gasteiger partial charge in [-0.2, -0.15) is 0 Å². The van der Waals surface area contributed by atoms with Gasteiger partial charge in [-0.05, 0) is 36.8 Å². The fourth-order valence-corrected chi connectivity index (χ4v) is 1.72. The second-order valence-electron chi connectivity index (χ2n) is 3.98. The van der Waals surface area contributed by atoms with E-state index >= 15 is 0 Å². The Balaban J connectivity index is 3.00. The first kappa shape index (κ1) is 12.1. The lowest BCUT2D eigenvalue weighted by molar-refractivity contribution is -0.304. The van der Waals surface area contributed by atoms with Crippen molar-refractivity contribution in [3.8, 4) is 0 Å². The molecule has 0 fully saturated rings. The quantitative estimate of drug-likeness (QED) is 0.678. The third kappa shape index (κ3) is 3.29. The topological polar surface area (TPSA) is 9.23 Å². The summed E-state index contributed by atoms with van der Waals surface area (Å²) in [6.07, 6.45) is -1.36. The second-order valence-corrected chi connectivity index (χ2v) is 3.98. The van der Waals surface area contributed by atoms with Gasteiger partial charge in [0.2, 0.25) is 0 Å². The predicted molar refractivity (Wildman–Crippen MR) is 52.0 cm³/mol. The molecule has 0 spiro atoms. The Hall–Kier alpha value is -0.930. The largest absolute Gasteiger partial charge is 0.573 e. The fraction of sp³-hybridized carbons (Fsp3) is 0.636. The fourth-order valence-electron chi connectivity index (χ4n) is 1.72. The van der Waals surface area contributed by atoms with E-state index in [1.807, 2.05) is 13.8 Å². The Kier molecular flexibility index (Phi) is 3.47. The molecular formula is C11H15F3O. The number of hydrogen-bond acceptors (Lipinski definition) is 1. The number of rotatable bonds is 2. The lowest BCUT2D eigenvalue weighted by Gasteiger charge is -2.23. The van der Waals surface area contributed by atoms with Crippen LogP contribution in [0.1, 0.15) is 33.6 Å². The zero-order valence-corrected chi connectivity index (χ0v) is 9.11. The normalized spacial score (nSPS) is 18.2. The number of halogens is 3. The van der Waals surface area contributed by atoms with Crippen molar-refractivity contribution in [3.05, 3.63) is 23.0 Å². The molecule has 0 N–H and O–H groups in total. The molecule has 0 aromatic heterocycles. The highest BCUT2D eigenvalue weighted by molar-refractivity contribution is 5.33. The van der Waals surface area contributed by atoms with Crippen molar-refractivity contribution >= 4 is 0 Å². The molecule has 0 bridgehead atoms. The Morgan fingerprint density at radius 1 is 1.33 bits per heavy atom. The second kappa shape index (κ2) is 4.29.